The number of aromatic nitrogens is 1. The van der Waals surface area contributed by atoms with E-state index in [4.69, 9.17) is 4.42 Å². The summed E-state index contributed by atoms with van der Waals surface area (Å²) in [5.41, 5.74) is 3.24. The first-order valence-corrected chi connectivity index (χ1v) is 7.22. The van der Waals surface area contributed by atoms with Crippen molar-refractivity contribution in [1.82, 2.24) is 4.98 Å². The largest absolute Gasteiger partial charge is 0.443 e. The van der Waals surface area contributed by atoms with Crippen molar-refractivity contribution in [3.8, 4) is 0 Å². The molecular formula is C16H23NO. The summed E-state index contributed by atoms with van der Waals surface area (Å²) in [5, 5.41) is 0. The fourth-order valence-electron chi connectivity index (χ4n) is 2.34. The average molecular weight is 245 g/mol. The molecule has 0 aliphatic rings. The molecule has 0 unspecified atom stereocenters. The van der Waals surface area contributed by atoms with Crippen LogP contribution >= 0.6 is 0 Å². The molecule has 0 N–H and O–H groups in total. The number of nitrogens with zero attached hydrogens (tertiary/aromatic N) is 1. The van der Waals surface area contributed by atoms with Crippen LogP contribution in [0.4, 0.5) is 0 Å². The normalized spacial score (nSPS) is 11.2. The van der Waals surface area contributed by atoms with E-state index in [0.29, 0.717) is 0 Å². The van der Waals surface area contributed by atoms with Gasteiger partial charge in [0.25, 0.3) is 0 Å². The molecule has 2 aromatic rings. The Morgan fingerprint density at radius 1 is 1.00 bits per heavy atom. The first kappa shape index (κ1) is 13.1. The molecule has 2 heteroatoms. The van der Waals surface area contributed by atoms with Gasteiger partial charge in [0, 0.05) is 0 Å². The van der Waals surface area contributed by atoms with Gasteiger partial charge in [0.2, 0.25) is 0 Å². The number of aryl methyl sites for hydroxylation is 1. The van der Waals surface area contributed by atoms with E-state index in [2.05, 4.69) is 30.1 Å². The second kappa shape index (κ2) is 7.20. The standard InChI is InChI=1S/C16H23NO/c1-2-3-4-5-6-7-8-9-14-10-11-15-16(12-14)18-13-17-15/h10-13H,2-9H2,1H3. The molecule has 18 heavy (non-hydrogen) atoms. The van der Waals surface area contributed by atoms with Gasteiger partial charge in [0.15, 0.2) is 12.0 Å². The van der Waals surface area contributed by atoms with Crippen molar-refractivity contribution >= 4 is 11.1 Å². The third-order valence-corrected chi connectivity index (χ3v) is 3.46. The van der Waals surface area contributed by atoms with E-state index in [0.717, 1.165) is 17.5 Å². The molecular weight excluding hydrogens is 222 g/mol. The smallest absolute Gasteiger partial charge is 0.181 e. The zero-order valence-corrected chi connectivity index (χ0v) is 11.3. The lowest BCUT2D eigenvalue weighted by atomic mass is 10.0. The SMILES string of the molecule is CCCCCCCCCc1ccc2ncoc2c1. The van der Waals surface area contributed by atoms with Crippen molar-refractivity contribution in [1.29, 1.82) is 0 Å². The fourth-order valence-corrected chi connectivity index (χ4v) is 2.34. The number of unbranched alkanes of at least 4 members (excludes halogenated alkanes) is 6. The molecule has 0 bridgehead atoms. The highest BCUT2D eigenvalue weighted by molar-refractivity contribution is 5.72. The van der Waals surface area contributed by atoms with Gasteiger partial charge in [-0.15, -0.1) is 0 Å². The average Bonchev–Trinajstić information content (AvgIpc) is 2.85. The van der Waals surface area contributed by atoms with Gasteiger partial charge in [-0.05, 0) is 30.5 Å². The highest BCUT2D eigenvalue weighted by Crippen LogP contribution is 2.16. The quantitative estimate of drug-likeness (QED) is 0.603. The van der Waals surface area contributed by atoms with Crippen LogP contribution in [-0.2, 0) is 6.42 Å². The molecule has 1 aromatic carbocycles. The lowest BCUT2D eigenvalue weighted by Crippen LogP contribution is -1.86. The minimum Gasteiger partial charge on any atom is -0.443 e. The van der Waals surface area contributed by atoms with Gasteiger partial charge < -0.3 is 4.42 Å². The Hall–Kier alpha value is -1.31. The number of oxazole rings is 1. The van der Waals surface area contributed by atoms with Crippen LogP contribution < -0.4 is 0 Å². The maximum absolute atomic E-state index is 5.32. The van der Waals surface area contributed by atoms with E-state index in [9.17, 15) is 0 Å². The highest BCUT2D eigenvalue weighted by Gasteiger charge is 2.00. The lowest BCUT2D eigenvalue weighted by molar-refractivity contribution is 0.588. The van der Waals surface area contributed by atoms with Gasteiger partial charge in [0.05, 0.1) is 0 Å². The van der Waals surface area contributed by atoms with Crippen LogP contribution in [0.5, 0.6) is 0 Å². The number of benzene rings is 1. The van der Waals surface area contributed by atoms with Crippen molar-refractivity contribution in [2.45, 2.75) is 58.3 Å². The van der Waals surface area contributed by atoms with Crippen molar-refractivity contribution in [2.24, 2.45) is 0 Å². The third kappa shape index (κ3) is 3.86. The topological polar surface area (TPSA) is 26.0 Å². The number of rotatable bonds is 8. The Morgan fingerprint density at radius 3 is 2.61 bits per heavy atom. The molecule has 0 saturated heterocycles. The van der Waals surface area contributed by atoms with Crippen LogP contribution in [0.2, 0.25) is 0 Å². The number of fused-ring (bicyclic) bond motifs is 1. The molecule has 1 aromatic heterocycles. The number of hydrogen-bond donors (Lipinski definition) is 0. The zero-order chi connectivity index (χ0) is 12.6. The van der Waals surface area contributed by atoms with Gasteiger partial charge in [0.1, 0.15) is 5.52 Å². The summed E-state index contributed by atoms with van der Waals surface area (Å²) in [7, 11) is 0. The summed E-state index contributed by atoms with van der Waals surface area (Å²) in [6.45, 7) is 2.26. The fraction of sp³-hybridized carbons (Fsp3) is 0.562. The maximum Gasteiger partial charge on any atom is 0.181 e. The van der Waals surface area contributed by atoms with Gasteiger partial charge in [-0.25, -0.2) is 4.98 Å². The van der Waals surface area contributed by atoms with Crippen molar-refractivity contribution in [3.63, 3.8) is 0 Å². The van der Waals surface area contributed by atoms with E-state index >= 15 is 0 Å². The Kier molecular flexibility index (Phi) is 5.25. The molecule has 0 fully saturated rings. The molecule has 2 rings (SSSR count). The van der Waals surface area contributed by atoms with E-state index in [1.54, 1.807) is 0 Å². The summed E-state index contributed by atoms with van der Waals surface area (Å²) < 4.78 is 5.32. The van der Waals surface area contributed by atoms with Crippen LogP contribution in [0.15, 0.2) is 29.0 Å². The summed E-state index contributed by atoms with van der Waals surface area (Å²) in [6.07, 6.45) is 12.2. The summed E-state index contributed by atoms with van der Waals surface area (Å²) in [5.74, 6) is 0. The molecule has 0 radical (unpaired) electrons. The second-order valence-corrected chi connectivity index (χ2v) is 5.03. The van der Waals surface area contributed by atoms with Crippen LogP contribution in [0.3, 0.4) is 0 Å². The van der Waals surface area contributed by atoms with Crippen molar-refractivity contribution in [3.05, 3.63) is 30.2 Å². The monoisotopic (exact) mass is 245 g/mol. The Bertz CT molecular complexity index is 461. The van der Waals surface area contributed by atoms with Crippen LogP contribution in [-0.4, -0.2) is 4.98 Å². The molecule has 0 aliphatic carbocycles. The van der Waals surface area contributed by atoms with Crippen LogP contribution in [0, 0.1) is 0 Å². The van der Waals surface area contributed by atoms with Gasteiger partial charge in [-0.1, -0.05) is 51.5 Å². The van der Waals surface area contributed by atoms with Gasteiger partial charge in [-0.3, -0.25) is 0 Å². The van der Waals surface area contributed by atoms with E-state index in [1.807, 2.05) is 0 Å². The molecule has 2 nitrogen and oxygen atoms in total. The molecule has 0 aliphatic heterocycles. The first-order valence-electron chi connectivity index (χ1n) is 7.22. The maximum atomic E-state index is 5.32. The van der Waals surface area contributed by atoms with Crippen LogP contribution in [0.25, 0.3) is 11.1 Å². The predicted molar refractivity (Wildman–Crippen MR) is 75.7 cm³/mol. The second-order valence-electron chi connectivity index (χ2n) is 5.03. The van der Waals surface area contributed by atoms with E-state index in [1.165, 1.54) is 56.9 Å². The Labute approximate surface area is 109 Å². The number of hydrogen-bond acceptors (Lipinski definition) is 2. The minimum atomic E-state index is 0.912. The minimum absolute atomic E-state index is 0.912. The first-order chi connectivity index (χ1) is 8.90. The molecule has 0 atom stereocenters. The van der Waals surface area contributed by atoms with E-state index < -0.39 is 0 Å². The van der Waals surface area contributed by atoms with E-state index in [-0.39, 0.29) is 0 Å². The summed E-state index contributed by atoms with van der Waals surface area (Å²) in [4.78, 5) is 4.13. The Balaban J connectivity index is 1.67. The molecule has 98 valence electrons. The molecule has 0 spiro atoms. The van der Waals surface area contributed by atoms with Crippen LogP contribution in [0.1, 0.15) is 57.4 Å². The zero-order valence-electron chi connectivity index (χ0n) is 11.3. The molecule has 0 saturated carbocycles. The van der Waals surface area contributed by atoms with Crippen molar-refractivity contribution < 1.29 is 4.42 Å². The summed E-state index contributed by atoms with van der Waals surface area (Å²) in [6, 6.07) is 6.34. The van der Waals surface area contributed by atoms with Gasteiger partial charge >= 0.3 is 0 Å². The lowest BCUT2D eigenvalue weighted by Gasteiger charge is -2.02. The molecule has 0 amide bonds. The van der Waals surface area contributed by atoms with Gasteiger partial charge in [-0.2, -0.15) is 0 Å². The Morgan fingerprint density at radius 2 is 1.78 bits per heavy atom. The highest BCUT2D eigenvalue weighted by atomic mass is 16.3. The van der Waals surface area contributed by atoms with Crippen molar-refractivity contribution in [2.75, 3.05) is 0 Å². The third-order valence-electron chi connectivity index (χ3n) is 3.46. The predicted octanol–water partition coefficient (Wildman–Crippen LogP) is 5.12. The summed E-state index contributed by atoms with van der Waals surface area (Å²) >= 11 is 0. The molecule has 1 heterocycles.